The fourth-order valence-electron chi connectivity index (χ4n) is 2.09. The third-order valence-corrected chi connectivity index (χ3v) is 3.50. The number of hydrogen-bond donors (Lipinski definition) is 1. The van der Waals surface area contributed by atoms with Gasteiger partial charge in [-0.3, -0.25) is 14.2 Å². The van der Waals surface area contributed by atoms with Crippen LogP contribution in [0.25, 0.3) is 0 Å². The summed E-state index contributed by atoms with van der Waals surface area (Å²) in [6.07, 6.45) is 5.40. The summed E-state index contributed by atoms with van der Waals surface area (Å²) in [4.78, 5) is 12.2. The van der Waals surface area contributed by atoms with Crippen LogP contribution in [0.4, 0.5) is 5.82 Å². The second kappa shape index (κ2) is 6.15. The number of rotatable bonds is 4. The van der Waals surface area contributed by atoms with E-state index < -0.39 is 0 Å². The van der Waals surface area contributed by atoms with Crippen LogP contribution < -0.4 is 5.32 Å². The predicted octanol–water partition coefficient (Wildman–Crippen LogP) is 2.68. The number of aryl methyl sites for hydroxylation is 1. The van der Waals surface area contributed by atoms with E-state index in [1.54, 1.807) is 40.9 Å². The monoisotopic (exact) mass is 359 g/mol. The number of carbonyl (C=O) groups is 1. The van der Waals surface area contributed by atoms with Crippen LogP contribution in [-0.2, 0) is 13.6 Å². The zero-order valence-corrected chi connectivity index (χ0v) is 13.5. The van der Waals surface area contributed by atoms with Crippen molar-refractivity contribution in [3.8, 4) is 0 Å². The summed E-state index contributed by atoms with van der Waals surface area (Å²) in [5.41, 5.74) is 1.60. The molecule has 0 radical (unpaired) electrons. The molecule has 3 rings (SSSR count). The lowest BCUT2D eigenvalue weighted by Gasteiger charge is -2.06. The molecule has 1 N–H and O–H groups in total. The van der Waals surface area contributed by atoms with Gasteiger partial charge in [-0.25, -0.2) is 0 Å². The Kier molecular flexibility index (Phi) is 4.06. The normalized spacial score (nSPS) is 10.6. The molecule has 6 nitrogen and oxygen atoms in total. The van der Waals surface area contributed by atoms with Gasteiger partial charge in [0.2, 0.25) is 0 Å². The van der Waals surface area contributed by atoms with Crippen LogP contribution in [0.2, 0.25) is 0 Å². The molecule has 0 bridgehead atoms. The van der Waals surface area contributed by atoms with Gasteiger partial charge in [-0.15, -0.1) is 0 Å². The van der Waals surface area contributed by atoms with Gasteiger partial charge in [0.25, 0.3) is 5.91 Å². The van der Waals surface area contributed by atoms with Crippen LogP contribution in [0.15, 0.2) is 53.4 Å². The summed E-state index contributed by atoms with van der Waals surface area (Å²) in [5.74, 6) is 0.358. The Balaban J connectivity index is 1.74. The Bertz CT molecular complexity index is 808. The van der Waals surface area contributed by atoms with Gasteiger partial charge in [0.15, 0.2) is 5.82 Å². The Labute approximate surface area is 135 Å². The van der Waals surface area contributed by atoms with Crippen molar-refractivity contribution >= 4 is 27.7 Å². The first kappa shape index (κ1) is 14.5. The largest absolute Gasteiger partial charge is 0.305 e. The minimum absolute atomic E-state index is 0.179. The highest BCUT2D eigenvalue weighted by molar-refractivity contribution is 9.10. The number of benzene rings is 1. The van der Waals surface area contributed by atoms with Crippen molar-refractivity contribution in [2.45, 2.75) is 6.54 Å². The lowest BCUT2D eigenvalue weighted by Crippen LogP contribution is -2.13. The molecular formula is C15H14BrN5O. The van der Waals surface area contributed by atoms with Gasteiger partial charge in [-0.05, 0) is 33.6 Å². The van der Waals surface area contributed by atoms with Crippen molar-refractivity contribution in [2.75, 3.05) is 5.32 Å². The maximum absolute atomic E-state index is 12.2. The number of halogens is 1. The van der Waals surface area contributed by atoms with Crippen molar-refractivity contribution in [2.24, 2.45) is 7.05 Å². The van der Waals surface area contributed by atoms with E-state index >= 15 is 0 Å². The second-order valence-electron chi connectivity index (χ2n) is 4.89. The molecule has 0 saturated heterocycles. The fraction of sp³-hybridized carbons (Fsp3) is 0.133. The van der Waals surface area contributed by atoms with E-state index in [1.165, 1.54) is 0 Å². The molecule has 2 aromatic heterocycles. The molecule has 7 heteroatoms. The first-order valence-corrected chi connectivity index (χ1v) is 7.47. The molecule has 112 valence electrons. The first-order chi connectivity index (χ1) is 10.6. The molecule has 22 heavy (non-hydrogen) atoms. The Morgan fingerprint density at radius 3 is 2.91 bits per heavy atom. The van der Waals surface area contributed by atoms with Crippen molar-refractivity contribution in [3.63, 3.8) is 0 Å². The number of carbonyl (C=O) groups excluding carboxylic acids is 1. The highest BCUT2D eigenvalue weighted by atomic mass is 79.9. The number of amides is 1. The quantitative estimate of drug-likeness (QED) is 0.778. The van der Waals surface area contributed by atoms with Crippen molar-refractivity contribution < 1.29 is 4.79 Å². The average Bonchev–Trinajstić information content (AvgIpc) is 3.08. The molecule has 0 fully saturated rings. The van der Waals surface area contributed by atoms with Crippen LogP contribution in [0.1, 0.15) is 15.9 Å². The third kappa shape index (κ3) is 3.43. The molecule has 0 atom stereocenters. The lowest BCUT2D eigenvalue weighted by molar-refractivity contribution is 0.102. The van der Waals surface area contributed by atoms with Crippen molar-refractivity contribution in [3.05, 3.63) is 64.5 Å². The zero-order chi connectivity index (χ0) is 15.5. The van der Waals surface area contributed by atoms with Crippen LogP contribution in [0.3, 0.4) is 0 Å². The predicted molar refractivity (Wildman–Crippen MR) is 86.6 cm³/mol. The van der Waals surface area contributed by atoms with Gasteiger partial charge < -0.3 is 5.32 Å². The molecule has 0 aliphatic heterocycles. The summed E-state index contributed by atoms with van der Waals surface area (Å²) in [7, 11) is 1.80. The van der Waals surface area contributed by atoms with Crippen molar-refractivity contribution in [1.82, 2.24) is 19.6 Å². The number of nitrogens with one attached hydrogen (secondary N) is 1. The van der Waals surface area contributed by atoms with Gasteiger partial charge in [-0.1, -0.05) is 12.1 Å². The molecule has 2 heterocycles. The smallest absolute Gasteiger partial charge is 0.256 e. The highest BCUT2D eigenvalue weighted by Crippen LogP contribution is 2.12. The molecule has 3 aromatic rings. The molecule has 0 saturated carbocycles. The Morgan fingerprint density at radius 1 is 1.36 bits per heavy atom. The molecule has 0 aliphatic rings. The second-order valence-corrected chi connectivity index (χ2v) is 5.80. The van der Waals surface area contributed by atoms with E-state index in [4.69, 9.17) is 0 Å². The van der Waals surface area contributed by atoms with Crippen LogP contribution >= 0.6 is 15.9 Å². The minimum atomic E-state index is -0.179. The minimum Gasteiger partial charge on any atom is -0.305 e. The van der Waals surface area contributed by atoms with Gasteiger partial charge >= 0.3 is 0 Å². The standard InChI is InChI=1S/C15H14BrN5O/c1-20-6-5-14(19-20)18-15(22)12-4-2-3-11(7-12)9-21-10-13(16)8-17-21/h2-8,10H,9H2,1H3,(H,18,19,22). The number of nitrogens with zero attached hydrogens (tertiary/aromatic N) is 4. The summed E-state index contributed by atoms with van der Waals surface area (Å²) in [6, 6.07) is 9.21. The first-order valence-electron chi connectivity index (χ1n) is 6.68. The fourth-order valence-corrected chi connectivity index (χ4v) is 2.42. The van der Waals surface area contributed by atoms with Gasteiger partial charge in [0.05, 0.1) is 17.2 Å². The average molecular weight is 360 g/mol. The van der Waals surface area contributed by atoms with Crippen LogP contribution in [0.5, 0.6) is 0 Å². The van der Waals surface area contributed by atoms with E-state index in [-0.39, 0.29) is 5.91 Å². The molecule has 0 unspecified atom stereocenters. The highest BCUT2D eigenvalue weighted by Gasteiger charge is 2.08. The van der Waals surface area contributed by atoms with Gasteiger partial charge in [0.1, 0.15) is 0 Å². The molecule has 1 amide bonds. The Hall–Kier alpha value is -2.41. The van der Waals surface area contributed by atoms with Crippen LogP contribution in [-0.4, -0.2) is 25.5 Å². The summed E-state index contributed by atoms with van der Waals surface area (Å²) < 4.78 is 4.37. The Morgan fingerprint density at radius 2 is 2.23 bits per heavy atom. The third-order valence-electron chi connectivity index (χ3n) is 3.09. The topological polar surface area (TPSA) is 64.7 Å². The van der Waals surface area contributed by atoms with E-state index in [0.717, 1.165) is 10.0 Å². The van der Waals surface area contributed by atoms with E-state index in [2.05, 4.69) is 31.4 Å². The van der Waals surface area contributed by atoms with Crippen molar-refractivity contribution in [1.29, 1.82) is 0 Å². The number of anilines is 1. The summed E-state index contributed by atoms with van der Waals surface area (Å²) >= 11 is 3.37. The lowest BCUT2D eigenvalue weighted by atomic mass is 10.1. The molecule has 0 spiro atoms. The van der Waals surface area contributed by atoms with Gasteiger partial charge in [0, 0.05) is 31.1 Å². The molecule has 0 aliphatic carbocycles. The number of aromatic nitrogens is 4. The maximum atomic E-state index is 12.2. The molecular weight excluding hydrogens is 346 g/mol. The number of hydrogen-bond acceptors (Lipinski definition) is 3. The van der Waals surface area contributed by atoms with E-state index in [1.807, 2.05) is 24.4 Å². The van der Waals surface area contributed by atoms with E-state index in [9.17, 15) is 4.79 Å². The summed E-state index contributed by atoms with van der Waals surface area (Å²) in [6.45, 7) is 0.607. The maximum Gasteiger partial charge on any atom is 0.256 e. The zero-order valence-electron chi connectivity index (χ0n) is 11.9. The molecule has 1 aromatic carbocycles. The van der Waals surface area contributed by atoms with Gasteiger partial charge in [-0.2, -0.15) is 10.2 Å². The summed E-state index contributed by atoms with van der Waals surface area (Å²) in [5, 5.41) is 11.1. The SMILES string of the molecule is Cn1ccc(NC(=O)c2cccc(Cn3cc(Br)cn3)c2)n1. The van der Waals surface area contributed by atoms with E-state index in [0.29, 0.717) is 17.9 Å². The van der Waals surface area contributed by atoms with Crippen LogP contribution in [0, 0.1) is 0 Å².